The second kappa shape index (κ2) is 29.6. The Morgan fingerprint density at radius 1 is 0.761 bits per heavy atom. The van der Waals surface area contributed by atoms with Gasteiger partial charge in [0.1, 0.15) is 23.2 Å². The van der Waals surface area contributed by atoms with Crippen molar-refractivity contribution < 1.29 is 89.3 Å². The molecule has 18 atom stereocenters. The zero-order valence-corrected chi connectivity index (χ0v) is 54.9. The molecule has 92 heavy (non-hydrogen) atoms. The number of Topliss-reactive ketones (excluding diaryl/α,β-unsaturated/α-hetero) is 1. The topological polar surface area (TPSA) is 244 Å². The van der Waals surface area contributed by atoms with Crippen molar-refractivity contribution in [3.05, 3.63) is 102 Å². The summed E-state index contributed by atoms with van der Waals surface area (Å²) in [7, 11) is 6.76. The first-order chi connectivity index (χ1) is 43.4. The van der Waals surface area contributed by atoms with Gasteiger partial charge in [-0.15, -0.1) is 5.10 Å². The highest BCUT2D eigenvalue weighted by atomic mass is 19.4. The van der Waals surface area contributed by atoms with Gasteiger partial charge in [-0.05, 0) is 124 Å². The van der Waals surface area contributed by atoms with Crippen molar-refractivity contribution in [1.82, 2.24) is 24.8 Å². The van der Waals surface area contributed by atoms with Crippen LogP contribution in [0.4, 0.5) is 23.7 Å². The van der Waals surface area contributed by atoms with Gasteiger partial charge in [0.25, 0.3) is 0 Å². The van der Waals surface area contributed by atoms with Gasteiger partial charge in [0.2, 0.25) is 0 Å². The van der Waals surface area contributed by atoms with E-state index in [1.54, 1.807) is 133 Å². The molecule has 4 saturated heterocycles. The number of benzene rings is 3. The first-order valence-corrected chi connectivity index (χ1v) is 31.5. The predicted molar refractivity (Wildman–Crippen MR) is 328 cm³/mol. The van der Waals surface area contributed by atoms with E-state index >= 15 is 9.59 Å². The number of esters is 3. The van der Waals surface area contributed by atoms with Crippen molar-refractivity contribution in [2.45, 2.75) is 205 Å². The van der Waals surface area contributed by atoms with E-state index in [9.17, 15) is 32.3 Å². The molecular formula is C67H89F3N6O16. The number of halogens is 3. The Balaban J connectivity index is 1.13. The van der Waals surface area contributed by atoms with Gasteiger partial charge >= 0.3 is 36.1 Å². The molecule has 1 aromatic heterocycles. The maximum atomic E-state index is 15.5. The molecule has 0 aliphatic carbocycles. The highest BCUT2D eigenvalue weighted by Crippen LogP contribution is 2.46. The number of carbonyl (C=O) groups is 6. The number of cyclic esters (lactones) is 1. The van der Waals surface area contributed by atoms with Gasteiger partial charge in [-0.1, -0.05) is 81.4 Å². The number of nitrogens with one attached hydrogen (secondary N) is 1. The number of alkyl halides is 3. The minimum atomic E-state index is -5.08. The number of nitrogens with zero attached hydrogens (tertiary/aromatic N) is 5. The summed E-state index contributed by atoms with van der Waals surface area (Å²) in [5.41, 5.74) is -2.93. The fourth-order valence-corrected chi connectivity index (χ4v) is 13.8. The Bertz CT molecular complexity index is 3200. The monoisotopic (exact) mass is 1290 g/mol. The second-order valence-corrected chi connectivity index (χ2v) is 25.7. The Kier molecular flexibility index (Phi) is 22.8. The number of fused-ring (bicyclic) bond motifs is 1. The third-order valence-electron chi connectivity index (χ3n) is 18.8. The van der Waals surface area contributed by atoms with Gasteiger partial charge < -0.3 is 62.5 Å². The molecule has 8 rings (SSSR count). The number of hydrogen-bond donors (Lipinski definition) is 1. The molecule has 25 heteroatoms. The lowest BCUT2D eigenvalue weighted by Crippen LogP contribution is -2.62. The zero-order valence-electron chi connectivity index (χ0n) is 54.9. The summed E-state index contributed by atoms with van der Waals surface area (Å²) >= 11 is 0. The Labute approximate surface area is 535 Å². The lowest BCUT2D eigenvalue weighted by molar-refractivity contribution is -0.318. The van der Waals surface area contributed by atoms with Crippen LogP contribution in [0, 0.1) is 23.7 Å². The summed E-state index contributed by atoms with van der Waals surface area (Å²) in [5, 5.41) is 10.3. The number of ether oxygens (including phenoxy) is 10. The quantitative estimate of drug-likeness (QED) is 0.0521. The van der Waals surface area contributed by atoms with E-state index < -0.39 is 144 Å². The average molecular weight is 1290 g/mol. The van der Waals surface area contributed by atoms with Crippen molar-refractivity contribution in [3.8, 4) is 11.3 Å². The lowest BCUT2D eigenvalue weighted by atomic mass is 9.73. The number of ketones is 1. The molecule has 504 valence electrons. The van der Waals surface area contributed by atoms with Crippen LogP contribution in [-0.2, 0) is 68.3 Å². The first kappa shape index (κ1) is 71.0. The molecule has 22 nitrogen and oxygen atoms in total. The van der Waals surface area contributed by atoms with Crippen LogP contribution in [0.3, 0.4) is 0 Å². The first-order valence-electron chi connectivity index (χ1n) is 31.5. The molecule has 0 bridgehead atoms. The van der Waals surface area contributed by atoms with E-state index in [2.05, 4.69) is 10.3 Å². The van der Waals surface area contributed by atoms with Crippen LogP contribution in [0.1, 0.15) is 128 Å². The van der Waals surface area contributed by atoms with Gasteiger partial charge in [-0.2, -0.15) is 13.2 Å². The van der Waals surface area contributed by atoms with Crippen LogP contribution in [0.15, 0.2) is 91.1 Å². The van der Waals surface area contributed by atoms with Gasteiger partial charge in [0.05, 0.1) is 65.3 Å². The van der Waals surface area contributed by atoms with E-state index in [0.717, 1.165) is 0 Å². The summed E-state index contributed by atoms with van der Waals surface area (Å²) in [6, 6.07) is 21.5. The summed E-state index contributed by atoms with van der Waals surface area (Å²) in [6.45, 7) is 18.1. The Hall–Kier alpha value is -6.87. The smallest absolute Gasteiger partial charge is 0.458 e. The zero-order chi connectivity index (χ0) is 67.2. The lowest BCUT2D eigenvalue weighted by Gasteiger charge is -2.50. The fourth-order valence-electron chi connectivity index (χ4n) is 13.8. The van der Waals surface area contributed by atoms with E-state index in [-0.39, 0.29) is 37.3 Å². The molecule has 4 aromatic rings. The largest absolute Gasteiger partial charge is 0.471 e. The normalized spacial score (nSPS) is 33.3. The third kappa shape index (κ3) is 15.8. The number of unbranched alkanes of at least 4 members (excludes halogenated alkanes) is 1. The van der Waals surface area contributed by atoms with E-state index in [4.69, 9.17) is 47.4 Å². The Morgan fingerprint density at radius 2 is 1.38 bits per heavy atom. The van der Waals surface area contributed by atoms with Gasteiger partial charge in [0, 0.05) is 62.7 Å². The highest BCUT2D eigenvalue weighted by molar-refractivity contribution is 5.95. The standard InChI is InChI=1S/C67H89F3N6O16/c1-15-50-66(10)55(76(63(82)92-66)32-23-22-31-75-37-48(72-73-75)46-29-24-30-47(34-46)71-62(81)67(68,69)70)40(4)52(77)38(2)35-64(8,83-13)56(91-61-54(49(74(11)12)33-39(3)85-61)89-59(79)44-25-18-16-19-26-44)41(5)53(42(6)58(78)87-50)88-51-36-65(9,84-14)57(43(7)86-51)90-60(80)45-27-20-17-21-28-45/h16-21,24-30,34,37-43,49-51,53-57,61H,15,22-23,31-33,35-36H2,1-14H3,(H,71,81)/t38-,39-,40+,41+,42-,43+,49+,50-,51+,53+,54-,55?,56-,57+,61+,64+,65-,66-/m1/s1. The molecule has 5 heterocycles. The number of likely N-dealkylation sites (N-methyl/N-ethyl adjacent to an activating group) is 1. The molecule has 4 aliphatic rings. The van der Waals surface area contributed by atoms with Crippen LogP contribution in [0.25, 0.3) is 11.3 Å². The van der Waals surface area contributed by atoms with Gasteiger partial charge in [-0.3, -0.25) is 19.1 Å². The van der Waals surface area contributed by atoms with E-state index in [1.165, 1.54) is 37.3 Å². The number of amides is 2. The number of carbonyl (C=O) groups excluding carboxylic acids is 6. The summed E-state index contributed by atoms with van der Waals surface area (Å²) in [5.74, 6) is -8.10. The number of methoxy groups -OCH3 is 2. The minimum Gasteiger partial charge on any atom is -0.458 e. The van der Waals surface area contributed by atoms with Crippen LogP contribution < -0.4 is 5.32 Å². The third-order valence-corrected chi connectivity index (χ3v) is 18.8. The molecule has 0 spiro atoms. The van der Waals surface area contributed by atoms with Crippen molar-refractivity contribution >= 4 is 41.4 Å². The van der Waals surface area contributed by atoms with Crippen LogP contribution in [0.2, 0.25) is 0 Å². The molecule has 3 aromatic carbocycles. The summed E-state index contributed by atoms with van der Waals surface area (Å²) < 4.78 is 107. The van der Waals surface area contributed by atoms with Gasteiger partial charge in [-0.25, -0.2) is 14.4 Å². The number of anilines is 1. The number of hydrogen-bond acceptors (Lipinski definition) is 19. The van der Waals surface area contributed by atoms with Crippen molar-refractivity contribution in [2.75, 3.05) is 40.2 Å². The van der Waals surface area contributed by atoms with Crippen molar-refractivity contribution in [3.63, 3.8) is 0 Å². The SMILES string of the molecule is CC[C@H]1OC(=O)[C@H](C)[C@@H](O[C@H]2C[C@@](C)(OC)[C@@H](OC(=O)c3ccccc3)[C@H](C)O2)[C@H](C)[C@@H](O[C@@H]2O[C@H](C)C[C@H](N(C)C)[C@H]2OC(=O)c2ccccc2)[C@@](C)(OC)C[C@@H](C)C(=O)[C@H](C)C2N(CCCCn3cc(-c4cccc(NC(=O)C(F)(F)F)c4)nn3)C(=O)O[C@@]21C. The number of rotatable bonds is 19. The maximum absolute atomic E-state index is 15.5. The average Bonchev–Trinajstić information content (AvgIpc) is 1.49. The molecule has 4 aliphatic heterocycles. The molecule has 1 unspecified atom stereocenters. The van der Waals surface area contributed by atoms with Gasteiger partial charge in [0.15, 0.2) is 30.4 Å². The Morgan fingerprint density at radius 3 is 1.99 bits per heavy atom. The maximum Gasteiger partial charge on any atom is 0.471 e. The van der Waals surface area contributed by atoms with Crippen LogP contribution in [0.5, 0.6) is 0 Å². The minimum absolute atomic E-state index is 0.00371. The van der Waals surface area contributed by atoms with E-state index in [0.29, 0.717) is 48.2 Å². The molecule has 0 radical (unpaired) electrons. The number of aryl methyl sites for hydroxylation is 1. The molecule has 1 N–H and O–H groups in total. The molecule has 4 fully saturated rings. The molecule has 2 amide bonds. The molecule has 0 saturated carbocycles. The van der Waals surface area contributed by atoms with Crippen molar-refractivity contribution in [1.29, 1.82) is 0 Å². The summed E-state index contributed by atoms with van der Waals surface area (Å²) in [6.07, 6.45) is -11.8. The van der Waals surface area contributed by atoms with Crippen LogP contribution >= 0.6 is 0 Å². The fraction of sp³-hybridized carbons (Fsp3) is 0.612. The molecular weight excluding hydrogens is 1200 g/mol. The van der Waals surface area contributed by atoms with E-state index in [1.807, 2.05) is 38.2 Å². The van der Waals surface area contributed by atoms with Crippen molar-refractivity contribution in [2.24, 2.45) is 23.7 Å². The summed E-state index contributed by atoms with van der Waals surface area (Å²) in [4.78, 5) is 88.3. The van der Waals surface area contributed by atoms with Crippen LogP contribution in [-0.4, -0.2) is 186 Å². The number of aromatic nitrogens is 3. The predicted octanol–water partition coefficient (Wildman–Crippen LogP) is 9.88. The second-order valence-electron chi connectivity index (χ2n) is 25.7. The highest BCUT2D eigenvalue weighted by Gasteiger charge is 2.61.